The van der Waals surface area contributed by atoms with Gasteiger partial charge in [-0.25, -0.2) is 9.50 Å². The van der Waals surface area contributed by atoms with E-state index in [1.165, 1.54) is 19.3 Å². The quantitative estimate of drug-likeness (QED) is 0.791. The number of hydrogen-bond donors (Lipinski definition) is 0. The largest absolute Gasteiger partial charge is 0.328 e. The Morgan fingerprint density at radius 3 is 2.64 bits per heavy atom. The van der Waals surface area contributed by atoms with Crippen molar-refractivity contribution in [2.24, 2.45) is 0 Å². The van der Waals surface area contributed by atoms with Gasteiger partial charge in [0.05, 0.1) is 5.54 Å². The Hall–Kier alpha value is -2.02. The predicted molar refractivity (Wildman–Crippen MR) is 94.6 cm³/mol. The number of carbonyl (C=O) groups is 1. The molecule has 2 aromatic rings. The highest BCUT2D eigenvalue weighted by molar-refractivity contribution is 5.91. The van der Waals surface area contributed by atoms with E-state index in [1.807, 2.05) is 19.9 Å². The molecule has 4 rings (SSSR count). The number of nitrogens with zero attached hydrogens (tertiary/aromatic N) is 6. The van der Waals surface area contributed by atoms with Gasteiger partial charge in [0, 0.05) is 31.0 Å². The molecule has 0 unspecified atom stereocenters. The molecule has 1 amide bonds. The van der Waals surface area contributed by atoms with Gasteiger partial charge in [-0.05, 0) is 39.8 Å². The van der Waals surface area contributed by atoms with E-state index in [9.17, 15) is 4.79 Å². The molecule has 1 aliphatic heterocycles. The smallest absolute Gasteiger partial charge is 0.294 e. The number of piperazine rings is 1. The zero-order chi connectivity index (χ0) is 17.6. The van der Waals surface area contributed by atoms with E-state index in [-0.39, 0.29) is 17.3 Å². The molecule has 2 fully saturated rings. The van der Waals surface area contributed by atoms with Gasteiger partial charge in [-0.15, -0.1) is 5.10 Å². The van der Waals surface area contributed by atoms with Crippen LogP contribution in [0, 0.1) is 13.8 Å². The highest BCUT2D eigenvalue weighted by Gasteiger charge is 2.45. The second-order valence-corrected chi connectivity index (χ2v) is 7.67. The van der Waals surface area contributed by atoms with Crippen LogP contribution in [0.4, 0.5) is 0 Å². The van der Waals surface area contributed by atoms with Crippen molar-refractivity contribution in [2.45, 2.75) is 51.5 Å². The Labute approximate surface area is 148 Å². The number of amides is 1. The molecule has 25 heavy (non-hydrogen) atoms. The first-order valence-corrected chi connectivity index (χ1v) is 9.20. The van der Waals surface area contributed by atoms with Gasteiger partial charge in [-0.3, -0.25) is 4.79 Å². The Balaban J connectivity index is 1.70. The number of aryl methyl sites for hydroxylation is 2. The number of aromatic nitrogens is 4. The third-order valence-electron chi connectivity index (χ3n) is 5.68. The van der Waals surface area contributed by atoms with Crippen LogP contribution in [0.15, 0.2) is 6.07 Å². The molecule has 0 atom stereocenters. The van der Waals surface area contributed by atoms with Gasteiger partial charge in [0.15, 0.2) is 0 Å². The Bertz CT molecular complexity index is 807. The monoisotopic (exact) mass is 342 g/mol. The molecule has 3 heterocycles. The van der Waals surface area contributed by atoms with Crippen molar-refractivity contribution in [1.29, 1.82) is 0 Å². The van der Waals surface area contributed by atoms with E-state index in [4.69, 9.17) is 0 Å². The highest BCUT2D eigenvalue weighted by Crippen LogP contribution is 2.37. The van der Waals surface area contributed by atoms with Crippen LogP contribution < -0.4 is 0 Å². The maximum atomic E-state index is 13.3. The molecule has 1 saturated carbocycles. The zero-order valence-electron chi connectivity index (χ0n) is 15.3. The van der Waals surface area contributed by atoms with Crippen LogP contribution in [-0.2, 0) is 0 Å². The van der Waals surface area contributed by atoms with Crippen LogP contribution in [0.25, 0.3) is 5.78 Å². The van der Waals surface area contributed by atoms with Crippen molar-refractivity contribution in [2.75, 3.05) is 26.7 Å². The molecule has 1 spiro atoms. The number of carbonyl (C=O) groups excluding carboxylic acids is 1. The van der Waals surface area contributed by atoms with E-state index in [0.717, 1.165) is 43.9 Å². The van der Waals surface area contributed by atoms with Crippen molar-refractivity contribution in [3.8, 4) is 0 Å². The summed E-state index contributed by atoms with van der Waals surface area (Å²) in [6, 6.07) is 1.95. The SMILES string of the molecule is Cc1cc(C)n2nc(C(=O)N3CCN(C)CC34CCCCC4)nc2n1. The Kier molecular flexibility index (Phi) is 3.98. The van der Waals surface area contributed by atoms with Gasteiger partial charge in [-0.2, -0.15) is 4.98 Å². The standard InChI is InChI=1S/C18H26N6O/c1-13-11-14(2)24-17(19-13)20-15(21-24)16(25)23-10-9-22(3)12-18(23)7-5-4-6-8-18/h11H,4-10,12H2,1-3H3. The molecule has 1 aliphatic carbocycles. The summed E-state index contributed by atoms with van der Waals surface area (Å²) in [5, 5.41) is 4.46. The lowest BCUT2D eigenvalue weighted by Crippen LogP contribution is -2.64. The summed E-state index contributed by atoms with van der Waals surface area (Å²) in [6.45, 7) is 6.49. The highest BCUT2D eigenvalue weighted by atomic mass is 16.2. The lowest BCUT2D eigenvalue weighted by atomic mass is 9.78. The molecule has 0 N–H and O–H groups in total. The van der Waals surface area contributed by atoms with Crippen LogP contribution in [0.2, 0.25) is 0 Å². The van der Waals surface area contributed by atoms with Crippen molar-refractivity contribution in [3.63, 3.8) is 0 Å². The van der Waals surface area contributed by atoms with Gasteiger partial charge in [0.25, 0.3) is 11.7 Å². The number of fused-ring (bicyclic) bond motifs is 1. The zero-order valence-corrected chi connectivity index (χ0v) is 15.3. The van der Waals surface area contributed by atoms with Gasteiger partial charge in [-0.1, -0.05) is 19.3 Å². The molecule has 7 nitrogen and oxygen atoms in total. The summed E-state index contributed by atoms with van der Waals surface area (Å²) in [4.78, 5) is 26.5. The van der Waals surface area contributed by atoms with Crippen molar-refractivity contribution < 1.29 is 4.79 Å². The summed E-state index contributed by atoms with van der Waals surface area (Å²) in [6.07, 6.45) is 5.80. The average molecular weight is 342 g/mol. The maximum Gasteiger partial charge on any atom is 0.294 e. The summed E-state index contributed by atoms with van der Waals surface area (Å²) in [5.74, 6) is 0.737. The van der Waals surface area contributed by atoms with Crippen LogP contribution in [0.1, 0.15) is 54.1 Å². The predicted octanol–water partition coefficient (Wildman–Crippen LogP) is 1.83. The third-order valence-corrected chi connectivity index (χ3v) is 5.68. The first kappa shape index (κ1) is 16.4. The van der Waals surface area contributed by atoms with E-state index >= 15 is 0 Å². The first-order chi connectivity index (χ1) is 12.0. The molecule has 7 heteroatoms. The van der Waals surface area contributed by atoms with Crippen molar-refractivity contribution >= 4 is 11.7 Å². The Morgan fingerprint density at radius 1 is 1.12 bits per heavy atom. The minimum atomic E-state index is -0.0573. The van der Waals surface area contributed by atoms with Crippen LogP contribution in [0.5, 0.6) is 0 Å². The molecule has 2 aliphatic rings. The summed E-state index contributed by atoms with van der Waals surface area (Å²) in [5.41, 5.74) is 1.78. The van der Waals surface area contributed by atoms with Gasteiger partial charge < -0.3 is 9.80 Å². The fourth-order valence-electron chi connectivity index (χ4n) is 4.51. The molecule has 0 bridgehead atoms. The fraction of sp³-hybridized carbons (Fsp3) is 0.667. The lowest BCUT2D eigenvalue weighted by Gasteiger charge is -2.51. The van der Waals surface area contributed by atoms with Crippen LogP contribution in [0.3, 0.4) is 0 Å². The molecule has 0 aromatic carbocycles. The minimum Gasteiger partial charge on any atom is -0.328 e. The first-order valence-electron chi connectivity index (χ1n) is 9.20. The lowest BCUT2D eigenvalue weighted by molar-refractivity contribution is -0.00856. The van der Waals surface area contributed by atoms with E-state index in [2.05, 4.69) is 31.9 Å². The minimum absolute atomic E-state index is 0.0439. The van der Waals surface area contributed by atoms with Gasteiger partial charge in [0.1, 0.15) is 0 Å². The number of hydrogen-bond acceptors (Lipinski definition) is 5. The normalized spacial score (nSPS) is 21.2. The molecule has 134 valence electrons. The Morgan fingerprint density at radius 2 is 1.88 bits per heavy atom. The van der Waals surface area contributed by atoms with Crippen LogP contribution in [-0.4, -0.2) is 67.5 Å². The topological polar surface area (TPSA) is 66.6 Å². The molecular weight excluding hydrogens is 316 g/mol. The fourth-order valence-corrected chi connectivity index (χ4v) is 4.51. The molecule has 1 saturated heterocycles. The average Bonchev–Trinajstić information content (AvgIpc) is 2.99. The summed E-state index contributed by atoms with van der Waals surface area (Å²) < 4.78 is 1.67. The number of likely N-dealkylation sites (N-methyl/N-ethyl adjacent to an activating group) is 1. The summed E-state index contributed by atoms with van der Waals surface area (Å²) >= 11 is 0. The van der Waals surface area contributed by atoms with Crippen molar-refractivity contribution in [3.05, 3.63) is 23.3 Å². The van der Waals surface area contributed by atoms with Crippen LogP contribution >= 0.6 is 0 Å². The van der Waals surface area contributed by atoms with E-state index < -0.39 is 0 Å². The van der Waals surface area contributed by atoms with E-state index in [0.29, 0.717) is 5.78 Å². The second kappa shape index (κ2) is 6.05. The molecular formula is C18H26N6O. The van der Waals surface area contributed by atoms with Crippen molar-refractivity contribution in [1.82, 2.24) is 29.4 Å². The van der Waals surface area contributed by atoms with Gasteiger partial charge in [0.2, 0.25) is 5.82 Å². The third kappa shape index (κ3) is 2.80. The number of rotatable bonds is 1. The van der Waals surface area contributed by atoms with Gasteiger partial charge >= 0.3 is 0 Å². The second-order valence-electron chi connectivity index (χ2n) is 7.67. The molecule has 2 aromatic heterocycles. The summed E-state index contributed by atoms with van der Waals surface area (Å²) in [7, 11) is 2.15. The molecule has 0 radical (unpaired) electrons. The maximum absolute atomic E-state index is 13.3. The van der Waals surface area contributed by atoms with E-state index in [1.54, 1.807) is 4.52 Å².